The molecule has 0 bridgehead atoms. The van der Waals surface area contributed by atoms with Gasteiger partial charge in [-0.2, -0.15) is 4.98 Å². The Morgan fingerprint density at radius 1 is 0.919 bits per heavy atom. The van der Waals surface area contributed by atoms with Crippen LogP contribution in [0.15, 0.2) is 46.5 Å². The van der Waals surface area contributed by atoms with Crippen molar-refractivity contribution in [2.75, 3.05) is 38.4 Å². The van der Waals surface area contributed by atoms with Gasteiger partial charge in [0.05, 0.1) is 27.0 Å². The third kappa shape index (κ3) is 9.83. The predicted octanol–water partition coefficient (Wildman–Crippen LogP) is -1.52. The average Bonchev–Trinajstić information content (AvgIpc) is 3.92. The monoisotopic (exact) mass is 951 g/mol. The van der Waals surface area contributed by atoms with Gasteiger partial charge in [-0.25, -0.2) is 27.3 Å². The van der Waals surface area contributed by atoms with Gasteiger partial charge in [0.25, 0.3) is 17.1 Å². The number of phosphoric acid groups is 2. The molecule has 28 nitrogen and oxygen atoms in total. The van der Waals surface area contributed by atoms with E-state index in [0.29, 0.717) is 10.8 Å². The predicted molar refractivity (Wildman–Crippen MR) is 208 cm³/mol. The molecule has 2 aliphatic heterocycles. The van der Waals surface area contributed by atoms with Crippen LogP contribution in [-0.4, -0.2) is 130 Å². The Kier molecular flexibility index (Phi) is 13.2. The lowest BCUT2D eigenvalue weighted by molar-refractivity contribution is -0.746. The summed E-state index contributed by atoms with van der Waals surface area (Å²) in [7, 11) is -10.2. The second kappa shape index (κ2) is 17.8. The van der Waals surface area contributed by atoms with E-state index < -0.39 is 96.5 Å². The van der Waals surface area contributed by atoms with Crippen LogP contribution in [-0.2, 0) is 52.1 Å². The first kappa shape index (κ1) is 45.9. The largest absolute Gasteiger partial charge is 0.490 e. The van der Waals surface area contributed by atoms with E-state index in [2.05, 4.69) is 33.5 Å². The number of halogens is 1. The molecule has 0 amide bonds. The average molecular weight is 952 g/mol. The summed E-state index contributed by atoms with van der Waals surface area (Å²) in [5.74, 6) is -0.0594. The molecule has 0 aliphatic carbocycles. The van der Waals surface area contributed by atoms with Gasteiger partial charge in [0.1, 0.15) is 55.5 Å². The number of anilines is 2. The molecular weight excluding hydrogens is 916 g/mol. The van der Waals surface area contributed by atoms with Gasteiger partial charge >= 0.3 is 21.3 Å². The van der Waals surface area contributed by atoms with Crippen molar-refractivity contribution in [2.45, 2.75) is 55.6 Å². The van der Waals surface area contributed by atoms with Crippen molar-refractivity contribution in [3.63, 3.8) is 0 Å². The molecular formula is C29H36BClN10O18P3. The number of aromatic amines is 2. The summed E-state index contributed by atoms with van der Waals surface area (Å²) in [6, 6.07) is 6.57. The molecule has 4 aromatic heterocycles. The third-order valence-corrected chi connectivity index (χ3v) is 13.9. The molecule has 0 spiro atoms. The van der Waals surface area contributed by atoms with E-state index in [0.717, 1.165) is 10.9 Å². The molecule has 7 rings (SSSR count). The number of hydrogen-bond acceptors (Lipinski definition) is 21. The Morgan fingerprint density at radius 3 is 2.18 bits per heavy atom. The lowest BCUT2D eigenvalue weighted by atomic mass is 10.1. The molecule has 1 aromatic carbocycles. The van der Waals surface area contributed by atoms with Gasteiger partial charge in [0.2, 0.25) is 17.7 Å². The first-order valence-electron chi connectivity index (χ1n) is 17.7. The zero-order valence-corrected chi connectivity index (χ0v) is 35.0. The van der Waals surface area contributed by atoms with Crippen LogP contribution >= 0.6 is 34.7 Å². The first-order chi connectivity index (χ1) is 29.2. The first-order valence-corrected chi connectivity index (χ1v) is 22.7. The molecule has 33 heteroatoms. The van der Waals surface area contributed by atoms with Crippen molar-refractivity contribution in [1.82, 2.24) is 34.1 Å². The van der Waals surface area contributed by atoms with Gasteiger partial charge in [-0.1, -0.05) is 16.6 Å². The summed E-state index contributed by atoms with van der Waals surface area (Å²) in [4.78, 5) is 62.4. The van der Waals surface area contributed by atoms with Crippen molar-refractivity contribution in [1.29, 1.82) is 0 Å². The highest BCUT2D eigenvalue weighted by Crippen LogP contribution is 2.67. The van der Waals surface area contributed by atoms with Gasteiger partial charge in [-0.05, 0) is 24.3 Å². The second-order valence-corrected chi connectivity index (χ2v) is 18.7. The minimum absolute atomic E-state index is 0.0101. The van der Waals surface area contributed by atoms with Crippen molar-refractivity contribution in [3.8, 4) is 5.75 Å². The van der Waals surface area contributed by atoms with E-state index >= 15 is 0 Å². The van der Waals surface area contributed by atoms with Gasteiger partial charge < -0.3 is 67.7 Å². The summed E-state index contributed by atoms with van der Waals surface area (Å²) < 4.78 is 83.3. The smallest absolute Gasteiger partial charge is 0.476 e. The summed E-state index contributed by atoms with van der Waals surface area (Å²) in [6.07, 6.45) is -9.75. The Bertz CT molecular complexity index is 2720. The van der Waals surface area contributed by atoms with Crippen LogP contribution in [0.4, 0.5) is 11.9 Å². The summed E-state index contributed by atoms with van der Waals surface area (Å²) in [5, 5.41) is 32.8. The normalized spacial score (nSPS) is 27.0. The Labute approximate surface area is 352 Å². The standard InChI is InChI=1S/C29H35BClN10O18P3/c1-52-21-19(43)15(57-27(21)41-11-39(17-23(41)36-29(33)38-25(17)46)6-7-53-13-4-2-12(31)3-5-13)9-55-62(50,51)59-60(30,47)58-61(48,49)54-8-14-18(42)20(44)26(56-14)40-10-34-16-22(40)35-28(32)37-24(16)45/h2-5,10-11,14-15,18-21,26-27,42-44H,6-9H2,1H3,(H7-,32,33,35,36,37,38,45,46,48,49,50,51)/q-1/p+1/t14-,15-,18-,19-,20-,21-,26-,27-,60?/m1/s1. The maximum Gasteiger partial charge on any atom is 0.476 e. The van der Waals surface area contributed by atoms with Gasteiger partial charge in [0, 0.05) is 12.1 Å². The minimum atomic E-state index is -5.59. The third-order valence-electron chi connectivity index (χ3n) is 9.26. The Balaban J connectivity index is 0.966. The number of aliphatic hydroxyl groups is 3. The highest BCUT2D eigenvalue weighted by atomic mass is 35.5. The molecule has 6 heterocycles. The number of methoxy groups -OCH3 is 1. The highest BCUT2D eigenvalue weighted by molar-refractivity contribution is 7.86. The molecule has 0 saturated carbocycles. The fraction of sp³-hybridized carbons (Fsp3) is 0.448. The van der Waals surface area contributed by atoms with E-state index in [1.165, 1.54) is 22.6 Å². The second-order valence-electron chi connectivity index (χ2n) is 13.5. The number of phosphoric ester groups is 2. The molecule has 335 valence electrons. The number of rotatable bonds is 17. The fourth-order valence-corrected chi connectivity index (χ4v) is 10.4. The number of H-pyrrole nitrogens is 2. The number of nitrogens with one attached hydrogen (secondary N) is 2. The molecule has 11 N–H and O–H groups in total. The van der Waals surface area contributed by atoms with Crippen LogP contribution in [0.5, 0.6) is 5.75 Å². The number of hydrogen-bond donors (Lipinski definition) is 9. The van der Waals surface area contributed by atoms with Crippen molar-refractivity contribution in [2.24, 2.45) is 0 Å². The number of benzene rings is 1. The van der Waals surface area contributed by atoms with E-state index in [4.69, 9.17) is 58.6 Å². The van der Waals surface area contributed by atoms with Crippen molar-refractivity contribution < 1.29 is 80.0 Å². The van der Waals surface area contributed by atoms with Crippen LogP contribution in [0.2, 0.25) is 5.02 Å². The Morgan fingerprint density at radius 2 is 1.53 bits per heavy atom. The van der Waals surface area contributed by atoms with Crippen LogP contribution in [0.1, 0.15) is 12.5 Å². The van der Waals surface area contributed by atoms with Gasteiger partial charge in [-0.15, -0.1) is 0 Å². The topological polar surface area (TPSA) is 396 Å². The van der Waals surface area contributed by atoms with Crippen LogP contribution < -0.4 is 31.9 Å². The lowest BCUT2D eigenvalue weighted by Gasteiger charge is -2.29. The number of ether oxygens (including phenoxy) is 4. The van der Waals surface area contributed by atoms with Crippen LogP contribution in [0.25, 0.3) is 22.3 Å². The van der Waals surface area contributed by atoms with Crippen molar-refractivity contribution >= 4 is 76.5 Å². The SMILES string of the molecule is [B-]P(=O)(OP(=O)(O)OC[C@H]1O[C@@H](n2cnc3c(=O)[nH]c(N)nc32)[C@H](O)[C@@H]1O)OP(=O)(O)OC[C@H]1O[C@@H]([n+]2cn(CCOc3ccc(Cl)cc3)c3c(=O)[nH]c(N)nc32)[C@H](OC)[C@@H]1O. The maximum absolute atomic E-state index is 13.0. The molecule has 62 heavy (non-hydrogen) atoms. The van der Waals surface area contributed by atoms with Crippen LogP contribution in [0.3, 0.4) is 0 Å². The molecule has 2 fully saturated rings. The molecule has 3 unspecified atom stereocenters. The van der Waals surface area contributed by atoms with Crippen molar-refractivity contribution in [3.05, 3.63) is 62.7 Å². The number of aromatic nitrogens is 8. The molecule has 3 radical (unpaired) electrons. The van der Waals surface area contributed by atoms with E-state index in [1.807, 2.05) is 0 Å². The quantitative estimate of drug-likeness (QED) is 0.0290. The lowest BCUT2D eigenvalue weighted by Crippen LogP contribution is -2.47. The number of imidazole rings is 2. The van der Waals surface area contributed by atoms with E-state index in [-0.39, 0.29) is 47.4 Å². The van der Waals surface area contributed by atoms with E-state index in [1.54, 1.807) is 24.3 Å². The highest BCUT2D eigenvalue weighted by Gasteiger charge is 2.50. The zero-order chi connectivity index (χ0) is 44.9. The fourth-order valence-electron chi connectivity index (χ4n) is 6.57. The Hall–Kier alpha value is -4.12. The number of nitrogens with zero attached hydrogens (tertiary/aromatic N) is 6. The number of fused-ring (bicyclic) bond motifs is 2. The summed E-state index contributed by atoms with van der Waals surface area (Å²) in [6.45, 7) is -1.85. The molecule has 2 saturated heterocycles. The van der Waals surface area contributed by atoms with E-state index in [9.17, 15) is 48.4 Å². The van der Waals surface area contributed by atoms with Gasteiger partial charge in [0.15, 0.2) is 23.7 Å². The molecule has 5 aromatic rings. The van der Waals surface area contributed by atoms with Gasteiger partial charge in [-0.3, -0.25) is 37.7 Å². The number of nitrogen functional groups attached to an aromatic ring is 2. The number of nitrogens with two attached hydrogens (primary N) is 2. The summed E-state index contributed by atoms with van der Waals surface area (Å²) in [5.41, 5.74) is 9.77. The summed E-state index contributed by atoms with van der Waals surface area (Å²) >= 11 is 5.93. The maximum atomic E-state index is 13.0. The molecule has 2 aliphatic rings. The molecule has 11 atom stereocenters. The minimum Gasteiger partial charge on any atom is -0.490 e. The zero-order valence-electron chi connectivity index (χ0n) is 31.6. The number of aliphatic hydroxyl groups excluding tert-OH is 3. The van der Waals surface area contributed by atoms with Crippen LogP contribution in [0, 0.1) is 0 Å².